The van der Waals surface area contributed by atoms with Crippen LogP contribution in [0.2, 0.25) is 0 Å². The van der Waals surface area contributed by atoms with Gasteiger partial charge in [0.05, 0.1) is 11.4 Å². The summed E-state index contributed by atoms with van der Waals surface area (Å²) in [7, 11) is 0. The molecule has 0 radical (unpaired) electrons. The van der Waals surface area contributed by atoms with Crippen molar-refractivity contribution in [2.24, 2.45) is 0 Å². The van der Waals surface area contributed by atoms with Gasteiger partial charge in [0, 0.05) is 25.2 Å². The zero-order valence-electron chi connectivity index (χ0n) is 15.6. The molecular formula is C21H25N5O. The Morgan fingerprint density at radius 2 is 2.04 bits per heavy atom. The second-order valence-electron chi connectivity index (χ2n) is 7.14. The van der Waals surface area contributed by atoms with E-state index in [0.717, 1.165) is 56.1 Å². The van der Waals surface area contributed by atoms with E-state index in [1.165, 1.54) is 5.56 Å². The minimum atomic E-state index is -0.176. The van der Waals surface area contributed by atoms with Gasteiger partial charge >= 0.3 is 5.69 Å². The fraction of sp³-hybridized carbons (Fsp3) is 0.381. The summed E-state index contributed by atoms with van der Waals surface area (Å²) < 4.78 is 1.71. The van der Waals surface area contributed by atoms with Gasteiger partial charge in [-0.1, -0.05) is 31.2 Å². The Kier molecular flexibility index (Phi) is 5.16. The molecule has 1 fully saturated rings. The van der Waals surface area contributed by atoms with Crippen molar-refractivity contribution in [3.8, 4) is 5.69 Å². The molecule has 4 rings (SSSR count). The fourth-order valence-electron chi connectivity index (χ4n) is 3.81. The number of aryl methyl sites for hydroxylation is 1. The number of piperidine rings is 1. The molecule has 6 nitrogen and oxygen atoms in total. The molecule has 0 spiro atoms. The number of hydrogen-bond acceptors (Lipinski definition) is 4. The highest BCUT2D eigenvalue weighted by Gasteiger charge is 2.26. The minimum absolute atomic E-state index is 0.176. The highest BCUT2D eigenvalue weighted by Crippen LogP contribution is 2.27. The lowest BCUT2D eigenvalue weighted by atomic mass is 9.96. The molecule has 6 heteroatoms. The van der Waals surface area contributed by atoms with Gasteiger partial charge in [-0.3, -0.25) is 9.88 Å². The highest BCUT2D eigenvalue weighted by atomic mass is 16.1. The van der Waals surface area contributed by atoms with Crippen LogP contribution in [-0.2, 0) is 13.0 Å². The Morgan fingerprint density at radius 3 is 2.78 bits per heavy atom. The maximum Gasteiger partial charge on any atom is 0.347 e. The summed E-state index contributed by atoms with van der Waals surface area (Å²) in [5.74, 6) is 1.05. The zero-order valence-corrected chi connectivity index (χ0v) is 15.6. The van der Waals surface area contributed by atoms with E-state index < -0.39 is 0 Å². The van der Waals surface area contributed by atoms with Crippen LogP contribution in [0.3, 0.4) is 0 Å². The normalized spacial score (nSPS) is 17.9. The van der Waals surface area contributed by atoms with E-state index in [2.05, 4.69) is 39.1 Å². The zero-order chi connectivity index (χ0) is 18.6. The average Bonchev–Trinajstić information content (AvgIpc) is 3.11. The van der Waals surface area contributed by atoms with Crippen LogP contribution in [-0.4, -0.2) is 37.7 Å². The van der Waals surface area contributed by atoms with E-state index in [4.69, 9.17) is 0 Å². The Bertz CT molecular complexity index is 929. The van der Waals surface area contributed by atoms with Crippen molar-refractivity contribution in [1.29, 1.82) is 0 Å². The van der Waals surface area contributed by atoms with Crippen LogP contribution in [0.4, 0.5) is 0 Å². The van der Waals surface area contributed by atoms with Crippen molar-refractivity contribution in [1.82, 2.24) is 24.6 Å². The Labute approximate surface area is 158 Å². The largest absolute Gasteiger partial charge is 0.347 e. The molecule has 0 unspecified atom stereocenters. The number of likely N-dealkylation sites (tertiary alicyclic amines) is 1. The minimum Gasteiger partial charge on any atom is -0.297 e. The van der Waals surface area contributed by atoms with Crippen molar-refractivity contribution in [3.05, 3.63) is 76.2 Å². The van der Waals surface area contributed by atoms with E-state index in [-0.39, 0.29) is 11.6 Å². The number of para-hydroxylation sites is 1. The number of aromatic amines is 1. The molecule has 0 saturated carbocycles. The first-order valence-electron chi connectivity index (χ1n) is 9.63. The second kappa shape index (κ2) is 7.88. The van der Waals surface area contributed by atoms with Crippen LogP contribution >= 0.6 is 0 Å². The Morgan fingerprint density at radius 1 is 1.19 bits per heavy atom. The predicted octanol–water partition coefficient (Wildman–Crippen LogP) is 2.90. The number of rotatable bonds is 5. The summed E-state index contributed by atoms with van der Waals surface area (Å²) in [5, 5.41) is 7.00. The highest BCUT2D eigenvalue weighted by molar-refractivity contribution is 5.32. The van der Waals surface area contributed by atoms with E-state index in [1.807, 2.05) is 36.5 Å². The first kappa shape index (κ1) is 17.7. The number of H-pyrrole nitrogens is 1. The molecule has 1 aliphatic heterocycles. The van der Waals surface area contributed by atoms with Crippen molar-refractivity contribution >= 4 is 0 Å². The van der Waals surface area contributed by atoms with E-state index in [9.17, 15) is 4.79 Å². The Hall–Kier alpha value is -2.73. The van der Waals surface area contributed by atoms with Gasteiger partial charge in [0.25, 0.3) is 0 Å². The van der Waals surface area contributed by atoms with Gasteiger partial charge in [0.15, 0.2) is 0 Å². The molecule has 1 aliphatic rings. The summed E-state index contributed by atoms with van der Waals surface area (Å²) in [4.78, 5) is 19.3. The topological polar surface area (TPSA) is 66.8 Å². The molecule has 3 aromatic rings. The number of pyridine rings is 1. The maximum absolute atomic E-state index is 12.3. The number of nitrogens with zero attached hydrogens (tertiary/aromatic N) is 4. The van der Waals surface area contributed by atoms with Crippen molar-refractivity contribution in [3.63, 3.8) is 0 Å². The first-order valence-corrected chi connectivity index (χ1v) is 9.63. The van der Waals surface area contributed by atoms with Gasteiger partial charge in [-0.05, 0) is 49.6 Å². The molecule has 1 aromatic carbocycles. The van der Waals surface area contributed by atoms with Crippen LogP contribution in [0.1, 0.15) is 42.8 Å². The van der Waals surface area contributed by atoms with Gasteiger partial charge < -0.3 is 0 Å². The smallest absolute Gasteiger partial charge is 0.297 e. The van der Waals surface area contributed by atoms with Crippen LogP contribution < -0.4 is 5.69 Å². The number of aromatic nitrogens is 4. The summed E-state index contributed by atoms with van der Waals surface area (Å²) in [5.41, 5.74) is 3.04. The Balaban J connectivity index is 1.53. The van der Waals surface area contributed by atoms with Gasteiger partial charge in [-0.15, -0.1) is 0 Å². The van der Waals surface area contributed by atoms with Crippen LogP contribution in [0.15, 0.2) is 53.5 Å². The molecule has 1 atom stereocenters. The number of hydrogen-bond donors (Lipinski definition) is 1. The molecule has 3 heterocycles. The molecule has 0 aliphatic carbocycles. The maximum atomic E-state index is 12.3. The molecular weight excluding hydrogens is 338 g/mol. The van der Waals surface area contributed by atoms with Crippen molar-refractivity contribution in [2.75, 3.05) is 13.1 Å². The molecule has 1 saturated heterocycles. The second-order valence-corrected chi connectivity index (χ2v) is 7.14. The first-order chi connectivity index (χ1) is 13.2. The van der Waals surface area contributed by atoms with Crippen LogP contribution in [0.25, 0.3) is 5.69 Å². The molecule has 0 bridgehead atoms. The van der Waals surface area contributed by atoms with Crippen LogP contribution in [0.5, 0.6) is 0 Å². The quantitative estimate of drug-likeness (QED) is 0.757. The lowest BCUT2D eigenvalue weighted by molar-refractivity contribution is 0.193. The van der Waals surface area contributed by atoms with Crippen molar-refractivity contribution < 1.29 is 0 Å². The predicted molar refractivity (Wildman–Crippen MR) is 105 cm³/mol. The van der Waals surface area contributed by atoms with Crippen molar-refractivity contribution in [2.45, 2.75) is 38.6 Å². The van der Waals surface area contributed by atoms with E-state index >= 15 is 0 Å². The fourth-order valence-corrected chi connectivity index (χ4v) is 3.81. The molecule has 0 amide bonds. The third-order valence-corrected chi connectivity index (χ3v) is 5.26. The standard InChI is InChI=1S/C21H25N5O/c1-2-16-10-11-18(22-13-16)15-25-12-6-7-17(14-25)20-23-24-21(27)26(20)19-8-4-3-5-9-19/h3-5,8-11,13,17H,2,6-7,12,14-15H2,1H3,(H,24,27)/t17-/m1/s1. The number of benzene rings is 1. The van der Waals surface area contributed by atoms with Crippen LogP contribution in [0, 0.1) is 0 Å². The summed E-state index contributed by atoms with van der Waals surface area (Å²) in [6.45, 7) is 4.91. The molecule has 140 valence electrons. The number of nitrogens with one attached hydrogen (secondary N) is 1. The van der Waals surface area contributed by atoms with Gasteiger partial charge in [-0.2, -0.15) is 5.10 Å². The monoisotopic (exact) mass is 363 g/mol. The van der Waals surface area contributed by atoms with Gasteiger partial charge in [0.2, 0.25) is 0 Å². The lowest BCUT2D eigenvalue weighted by Gasteiger charge is -2.32. The summed E-state index contributed by atoms with van der Waals surface area (Å²) in [6, 6.07) is 14.0. The molecule has 1 N–H and O–H groups in total. The van der Waals surface area contributed by atoms with Gasteiger partial charge in [-0.25, -0.2) is 14.5 Å². The summed E-state index contributed by atoms with van der Waals surface area (Å²) in [6.07, 6.45) is 5.11. The third-order valence-electron chi connectivity index (χ3n) is 5.26. The summed E-state index contributed by atoms with van der Waals surface area (Å²) >= 11 is 0. The van der Waals surface area contributed by atoms with Gasteiger partial charge in [0.1, 0.15) is 5.82 Å². The molecule has 27 heavy (non-hydrogen) atoms. The van der Waals surface area contributed by atoms with E-state index in [0.29, 0.717) is 0 Å². The lowest BCUT2D eigenvalue weighted by Crippen LogP contribution is -2.35. The third kappa shape index (κ3) is 3.85. The average molecular weight is 363 g/mol. The SMILES string of the molecule is CCc1ccc(CN2CCC[C@@H](c3n[nH]c(=O)n3-c3ccccc3)C2)nc1. The molecule has 2 aromatic heterocycles. The van der Waals surface area contributed by atoms with E-state index in [1.54, 1.807) is 4.57 Å².